The van der Waals surface area contributed by atoms with Crippen LogP contribution < -0.4 is 16.8 Å². The van der Waals surface area contributed by atoms with Crippen molar-refractivity contribution in [1.82, 2.24) is 0 Å². The van der Waals surface area contributed by atoms with Gasteiger partial charge < -0.3 is 16.8 Å². The summed E-state index contributed by atoms with van der Waals surface area (Å²) in [4.78, 5) is 1.27. The number of nitrogens with one attached hydrogen (secondary N) is 1. The third-order valence-electron chi connectivity index (χ3n) is 2.42. The maximum atomic E-state index is 5.86. The molecule has 3 nitrogen and oxygen atoms in total. The van der Waals surface area contributed by atoms with Crippen molar-refractivity contribution < 1.29 is 0 Å². The minimum atomic E-state index is 0.606. The highest BCUT2D eigenvalue weighted by molar-refractivity contribution is 7.16. The second kappa shape index (κ2) is 5.29. The van der Waals surface area contributed by atoms with Gasteiger partial charge in [-0.1, -0.05) is 11.6 Å². The first kappa shape index (κ1) is 12.1. The Morgan fingerprint density at radius 2 is 1.94 bits per heavy atom. The second-order valence-corrected chi connectivity index (χ2v) is 5.53. The number of benzene rings is 1. The molecule has 0 unspecified atom stereocenters. The fourth-order valence-corrected chi connectivity index (χ4v) is 2.59. The maximum absolute atomic E-state index is 5.86. The van der Waals surface area contributed by atoms with Gasteiger partial charge in [0.15, 0.2) is 0 Å². The number of halogens is 1. The van der Waals surface area contributed by atoms with Crippen LogP contribution in [0.25, 0.3) is 0 Å². The molecule has 0 aliphatic rings. The number of hydrogen-bond donors (Lipinski definition) is 3. The van der Waals surface area contributed by atoms with Crippen LogP contribution in [0.1, 0.15) is 4.88 Å². The highest BCUT2D eigenvalue weighted by atomic mass is 35.5. The molecule has 1 aromatic carbocycles. The van der Waals surface area contributed by atoms with Gasteiger partial charge in [-0.3, -0.25) is 0 Å². The molecule has 0 saturated carbocycles. The monoisotopic (exact) mass is 267 g/mol. The van der Waals surface area contributed by atoms with Gasteiger partial charge >= 0.3 is 0 Å². The number of nitrogen functional groups attached to an aromatic ring is 2. The van der Waals surface area contributed by atoms with E-state index in [0.29, 0.717) is 11.4 Å². The molecule has 0 spiro atoms. The number of thiophene rings is 1. The van der Waals surface area contributed by atoms with Crippen LogP contribution >= 0.6 is 22.9 Å². The molecule has 2 aromatic rings. The van der Waals surface area contributed by atoms with E-state index in [4.69, 9.17) is 23.1 Å². The molecule has 0 aliphatic heterocycles. The lowest BCUT2D eigenvalue weighted by atomic mass is 10.2. The van der Waals surface area contributed by atoms with Crippen LogP contribution in [0.2, 0.25) is 4.34 Å². The van der Waals surface area contributed by atoms with Crippen molar-refractivity contribution in [2.45, 2.75) is 6.42 Å². The van der Waals surface area contributed by atoms with Crippen LogP contribution in [0.15, 0.2) is 30.3 Å². The lowest BCUT2D eigenvalue weighted by Crippen LogP contribution is -2.04. The second-order valence-electron chi connectivity index (χ2n) is 3.73. The number of rotatable bonds is 4. The highest BCUT2D eigenvalue weighted by Crippen LogP contribution is 2.22. The van der Waals surface area contributed by atoms with Crippen LogP contribution in [0.4, 0.5) is 17.1 Å². The molecule has 17 heavy (non-hydrogen) atoms. The van der Waals surface area contributed by atoms with E-state index in [1.165, 1.54) is 4.88 Å². The number of hydrogen-bond acceptors (Lipinski definition) is 4. The summed E-state index contributed by atoms with van der Waals surface area (Å²) in [5.74, 6) is 0. The zero-order valence-corrected chi connectivity index (χ0v) is 10.8. The third-order valence-corrected chi connectivity index (χ3v) is 3.71. The Morgan fingerprint density at radius 1 is 1.12 bits per heavy atom. The molecule has 5 N–H and O–H groups in total. The van der Waals surface area contributed by atoms with Crippen LogP contribution in [0.5, 0.6) is 0 Å². The zero-order valence-electron chi connectivity index (χ0n) is 9.24. The van der Waals surface area contributed by atoms with Gasteiger partial charge in [0.1, 0.15) is 0 Å². The fraction of sp³-hybridized carbons (Fsp3) is 0.167. The van der Waals surface area contributed by atoms with Crippen LogP contribution in [0, 0.1) is 0 Å². The normalized spacial score (nSPS) is 10.4. The summed E-state index contributed by atoms with van der Waals surface area (Å²) < 4.78 is 0.830. The van der Waals surface area contributed by atoms with Gasteiger partial charge in [0, 0.05) is 17.1 Å². The molecule has 90 valence electrons. The van der Waals surface area contributed by atoms with Crippen LogP contribution in [-0.4, -0.2) is 6.54 Å². The van der Waals surface area contributed by atoms with Crippen LogP contribution in [-0.2, 0) is 6.42 Å². The first-order valence-electron chi connectivity index (χ1n) is 5.28. The lowest BCUT2D eigenvalue weighted by Gasteiger charge is -2.07. The Labute approximate surface area is 109 Å². The van der Waals surface area contributed by atoms with E-state index in [1.54, 1.807) is 17.4 Å². The molecule has 0 atom stereocenters. The van der Waals surface area contributed by atoms with Crippen molar-refractivity contribution in [2.24, 2.45) is 0 Å². The summed E-state index contributed by atoms with van der Waals surface area (Å²) in [7, 11) is 0. The van der Waals surface area contributed by atoms with Crippen molar-refractivity contribution in [3.8, 4) is 0 Å². The molecule has 1 heterocycles. The Kier molecular flexibility index (Phi) is 3.76. The van der Waals surface area contributed by atoms with Gasteiger partial charge in [-0.25, -0.2) is 0 Å². The quantitative estimate of drug-likeness (QED) is 0.746. The molecule has 0 saturated heterocycles. The minimum Gasteiger partial charge on any atom is -0.397 e. The smallest absolute Gasteiger partial charge is 0.0931 e. The number of anilines is 3. The van der Waals surface area contributed by atoms with Gasteiger partial charge in [0.05, 0.1) is 15.7 Å². The first-order chi connectivity index (χ1) is 8.15. The van der Waals surface area contributed by atoms with E-state index in [-0.39, 0.29) is 0 Å². The van der Waals surface area contributed by atoms with E-state index in [0.717, 1.165) is 23.0 Å². The summed E-state index contributed by atoms with van der Waals surface area (Å²) in [5.41, 5.74) is 13.6. The average Bonchev–Trinajstić information content (AvgIpc) is 2.70. The Balaban J connectivity index is 1.87. The zero-order chi connectivity index (χ0) is 12.3. The molecule has 2 rings (SSSR count). The maximum Gasteiger partial charge on any atom is 0.0931 e. The lowest BCUT2D eigenvalue weighted by molar-refractivity contribution is 1.04. The molecular formula is C12H14ClN3S. The topological polar surface area (TPSA) is 64.1 Å². The summed E-state index contributed by atoms with van der Waals surface area (Å²) in [6, 6.07) is 9.54. The van der Waals surface area contributed by atoms with Gasteiger partial charge in [0.25, 0.3) is 0 Å². The molecular weight excluding hydrogens is 254 g/mol. The van der Waals surface area contributed by atoms with Gasteiger partial charge in [-0.15, -0.1) is 11.3 Å². The van der Waals surface area contributed by atoms with Crippen LogP contribution in [0.3, 0.4) is 0 Å². The van der Waals surface area contributed by atoms with Gasteiger partial charge in [0.2, 0.25) is 0 Å². The number of nitrogens with two attached hydrogens (primary N) is 2. The van der Waals surface area contributed by atoms with Crippen molar-refractivity contribution in [2.75, 3.05) is 23.3 Å². The summed E-state index contributed by atoms with van der Waals surface area (Å²) in [5, 5.41) is 3.30. The van der Waals surface area contributed by atoms with Gasteiger partial charge in [-0.2, -0.15) is 0 Å². The predicted molar refractivity (Wildman–Crippen MR) is 76.8 cm³/mol. The van der Waals surface area contributed by atoms with E-state index in [2.05, 4.69) is 5.32 Å². The molecule has 0 aliphatic carbocycles. The standard InChI is InChI=1S/C12H14ClN3S/c13-12-4-2-9(17-12)5-6-16-8-1-3-10(14)11(15)7-8/h1-4,7,16H,5-6,14-15H2. The van der Waals surface area contributed by atoms with Gasteiger partial charge in [-0.05, 0) is 36.8 Å². The predicted octanol–water partition coefficient (Wildman–Crippen LogP) is 3.22. The molecule has 5 heteroatoms. The molecule has 0 fully saturated rings. The van der Waals surface area contributed by atoms with Crippen molar-refractivity contribution in [3.63, 3.8) is 0 Å². The summed E-state index contributed by atoms with van der Waals surface area (Å²) in [6.07, 6.45) is 0.946. The summed E-state index contributed by atoms with van der Waals surface area (Å²) >= 11 is 7.47. The van der Waals surface area contributed by atoms with Crippen molar-refractivity contribution in [3.05, 3.63) is 39.5 Å². The molecule has 0 radical (unpaired) electrons. The molecule has 1 aromatic heterocycles. The van der Waals surface area contributed by atoms with Crippen molar-refractivity contribution >= 4 is 40.0 Å². The van der Waals surface area contributed by atoms with E-state index < -0.39 is 0 Å². The minimum absolute atomic E-state index is 0.606. The van der Waals surface area contributed by atoms with E-state index >= 15 is 0 Å². The molecule has 0 amide bonds. The van der Waals surface area contributed by atoms with Crippen molar-refractivity contribution in [1.29, 1.82) is 0 Å². The van der Waals surface area contributed by atoms with E-state index in [9.17, 15) is 0 Å². The highest BCUT2D eigenvalue weighted by Gasteiger charge is 1.99. The average molecular weight is 268 g/mol. The van der Waals surface area contributed by atoms with E-state index in [1.807, 2.05) is 24.3 Å². The first-order valence-corrected chi connectivity index (χ1v) is 6.47. The molecule has 0 bridgehead atoms. The Hall–Kier alpha value is -1.39. The Morgan fingerprint density at radius 3 is 2.59 bits per heavy atom. The summed E-state index contributed by atoms with van der Waals surface area (Å²) in [6.45, 7) is 0.847. The Bertz CT molecular complexity index is 510. The fourth-order valence-electron chi connectivity index (χ4n) is 1.50. The largest absolute Gasteiger partial charge is 0.397 e. The SMILES string of the molecule is Nc1ccc(NCCc2ccc(Cl)s2)cc1N. The third kappa shape index (κ3) is 3.28.